The van der Waals surface area contributed by atoms with Gasteiger partial charge in [-0.3, -0.25) is 14.5 Å². The summed E-state index contributed by atoms with van der Waals surface area (Å²) in [7, 11) is 1.59. The van der Waals surface area contributed by atoms with Crippen molar-refractivity contribution >= 4 is 35.0 Å². The lowest BCUT2D eigenvalue weighted by Gasteiger charge is -2.17. The Kier molecular flexibility index (Phi) is 6.70. The molecule has 164 valence electrons. The van der Waals surface area contributed by atoms with Crippen molar-refractivity contribution < 1.29 is 19.1 Å². The SMILES string of the molecule is COc1cc(CN[C@H]2CCc3cc(Cl)c(Cl)cc32)ccc1OCCN1C(=O)CCC1=O. The first-order valence-corrected chi connectivity index (χ1v) is 11.1. The third-order valence-electron chi connectivity index (χ3n) is 5.77. The molecule has 0 radical (unpaired) electrons. The van der Waals surface area contributed by atoms with Crippen LogP contribution in [0.2, 0.25) is 10.0 Å². The molecular weight excluding hydrogens is 439 g/mol. The van der Waals surface area contributed by atoms with Crippen molar-refractivity contribution in [2.24, 2.45) is 0 Å². The molecule has 2 aliphatic rings. The van der Waals surface area contributed by atoms with E-state index in [-0.39, 0.29) is 43.8 Å². The maximum atomic E-state index is 11.7. The smallest absolute Gasteiger partial charge is 0.229 e. The first kappa shape index (κ1) is 21.9. The lowest BCUT2D eigenvalue weighted by molar-refractivity contribution is -0.138. The Morgan fingerprint density at radius 2 is 1.77 bits per heavy atom. The summed E-state index contributed by atoms with van der Waals surface area (Å²) in [5, 5.41) is 4.76. The molecule has 1 aliphatic heterocycles. The van der Waals surface area contributed by atoms with Crippen molar-refractivity contribution in [2.75, 3.05) is 20.3 Å². The van der Waals surface area contributed by atoms with Gasteiger partial charge in [0.25, 0.3) is 0 Å². The molecule has 0 aromatic heterocycles. The Labute approximate surface area is 191 Å². The summed E-state index contributed by atoms with van der Waals surface area (Å²) in [6.45, 7) is 1.14. The molecule has 1 fully saturated rings. The zero-order valence-corrected chi connectivity index (χ0v) is 18.8. The molecule has 4 rings (SSSR count). The Hall–Kier alpha value is -2.28. The van der Waals surface area contributed by atoms with E-state index >= 15 is 0 Å². The number of ether oxygens (including phenoxy) is 2. The molecule has 1 atom stereocenters. The number of methoxy groups -OCH3 is 1. The molecule has 0 unspecified atom stereocenters. The number of aryl methyl sites for hydroxylation is 1. The van der Waals surface area contributed by atoms with Crippen LogP contribution in [0.4, 0.5) is 0 Å². The predicted molar refractivity (Wildman–Crippen MR) is 119 cm³/mol. The van der Waals surface area contributed by atoms with Gasteiger partial charge in [0.2, 0.25) is 11.8 Å². The van der Waals surface area contributed by atoms with Crippen LogP contribution in [0, 0.1) is 0 Å². The molecule has 31 heavy (non-hydrogen) atoms. The minimum atomic E-state index is -0.140. The van der Waals surface area contributed by atoms with Crippen LogP contribution < -0.4 is 14.8 Å². The molecule has 0 bridgehead atoms. The normalized spacial score (nSPS) is 17.9. The Morgan fingerprint density at radius 1 is 1.03 bits per heavy atom. The predicted octanol–water partition coefficient (Wildman–Crippen LogP) is 4.31. The van der Waals surface area contributed by atoms with Gasteiger partial charge in [-0.05, 0) is 53.8 Å². The highest BCUT2D eigenvalue weighted by molar-refractivity contribution is 6.42. The fourth-order valence-electron chi connectivity index (χ4n) is 4.11. The van der Waals surface area contributed by atoms with Crippen LogP contribution in [-0.4, -0.2) is 37.0 Å². The second kappa shape index (κ2) is 9.47. The van der Waals surface area contributed by atoms with Crippen LogP contribution in [0.15, 0.2) is 30.3 Å². The summed E-state index contributed by atoms with van der Waals surface area (Å²) >= 11 is 12.3. The number of hydrogen-bond acceptors (Lipinski definition) is 5. The average Bonchev–Trinajstić information content (AvgIpc) is 3.30. The van der Waals surface area contributed by atoms with Gasteiger partial charge in [0.05, 0.1) is 23.7 Å². The Balaban J connectivity index is 1.35. The highest BCUT2D eigenvalue weighted by Gasteiger charge is 2.28. The van der Waals surface area contributed by atoms with E-state index in [0.29, 0.717) is 28.1 Å². The third kappa shape index (κ3) is 4.81. The minimum absolute atomic E-state index is 0.140. The van der Waals surface area contributed by atoms with E-state index in [2.05, 4.69) is 5.32 Å². The maximum absolute atomic E-state index is 11.7. The van der Waals surface area contributed by atoms with Crippen molar-refractivity contribution in [1.82, 2.24) is 10.2 Å². The molecule has 1 aliphatic carbocycles. The van der Waals surface area contributed by atoms with Crippen molar-refractivity contribution in [3.8, 4) is 11.5 Å². The van der Waals surface area contributed by atoms with Gasteiger partial charge in [0.1, 0.15) is 6.61 Å². The van der Waals surface area contributed by atoms with Crippen LogP contribution in [0.5, 0.6) is 11.5 Å². The molecule has 1 heterocycles. The van der Waals surface area contributed by atoms with Crippen LogP contribution in [-0.2, 0) is 22.6 Å². The molecule has 2 aromatic rings. The van der Waals surface area contributed by atoms with Crippen molar-refractivity contribution in [2.45, 2.75) is 38.3 Å². The van der Waals surface area contributed by atoms with Gasteiger partial charge in [0.15, 0.2) is 11.5 Å². The fourth-order valence-corrected chi connectivity index (χ4v) is 4.47. The van der Waals surface area contributed by atoms with Gasteiger partial charge < -0.3 is 14.8 Å². The fraction of sp³-hybridized carbons (Fsp3) is 0.391. The van der Waals surface area contributed by atoms with Gasteiger partial charge in [-0.1, -0.05) is 29.3 Å². The molecule has 1 N–H and O–H groups in total. The van der Waals surface area contributed by atoms with Crippen LogP contribution in [0.25, 0.3) is 0 Å². The number of nitrogens with one attached hydrogen (secondary N) is 1. The molecule has 2 amide bonds. The summed E-state index contributed by atoms with van der Waals surface area (Å²) in [5.41, 5.74) is 3.50. The second-order valence-electron chi connectivity index (χ2n) is 7.71. The van der Waals surface area contributed by atoms with Gasteiger partial charge in [0, 0.05) is 25.4 Å². The van der Waals surface area contributed by atoms with E-state index in [1.165, 1.54) is 16.0 Å². The number of carbonyl (C=O) groups is 2. The largest absolute Gasteiger partial charge is 0.493 e. The molecule has 1 saturated heterocycles. The summed E-state index contributed by atoms with van der Waals surface area (Å²) in [4.78, 5) is 24.6. The number of imide groups is 1. The molecule has 0 saturated carbocycles. The third-order valence-corrected chi connectivity index (χ3v) is 6.49. The van der Waals surface area contributed by atoms with Crippen LogP contribution in [0.3, 0.4) is 0 Å². The van der Waals surface area contributed by atoms with Gasteiger partial charge in [-0.15, -0.1) is 0 Å². The summed E-state index contributed by atoms with van der Waals surface area (Å²) in [6.07, 6.45) is 2.55. The summed E-state index contributed by atoms with van der Waals surface area (Å²) < 4.78 is 11.2. The highest BCUT2D eigenvalue weighted by Crippen LogP contribution is 2.37. The lowest BCUT2D eigenvalue weighted by Crippen LogP contribution is -2.33. The Bertz CT molecular complexity index is 995. The molecule has 0 spiro atoms. The molecular formula is C23H24Cl2N2O4. The van der Waals surface area contributed by atoms with Crippen molar-refractivity contribution in [3.05, 3.63) is 57.1 Å². The van der Waals surface area contributed by atoms with Crippen molar-refractivity contribution in [1.29, 1.82) is 0 Å². The van der Waals surface area contributed by atoms with E-state index < -0.39 is 0 Å². The number of fused-ring (bicyclic) bond motifs is 1. The topological polar surface area (TPSA) is 67.9 Å². The maximum Gasteiger partial charge on any atom is 0.229 e. The number of hydrogen-bond donors (Lipinski definition) is 1. The first-order chi connectivity index (χ1) is 15.0. The number of halogens is 2. The van der Waals surface area contributed by atoms with E-state index in [4.69, 9.17) is 32.7 Å². The van der Waals surface area contributed by atoms with E-state index in [1.54, 1.807) is 7.11 Å². The number of amides is 2. The molecule has 6 nitrogen and oxygen atoms in total. The monoisotopic (exact) mass is 462 g/mol. The number of likely N-dealkylation sites (tertiary alicyclic amines) is 1. The van der Waals surface area contributed by atoms with Gasteiger partial charge in [-0.25, -0.2) is 0 Å². The van der Waals surface area contributed by atoms with Crippen molar-refractivity contribution in [3.63, 3.8) is 0 Å². The highest BCUT2D eigenvalue weighted by atomic mass is 35.5. The number of rotatable bonds is 8. The molecule has 8 heteroatoms. The number of nitrogens with zero attached hydrogens (tertiary/aromatic N) is 1. The quantitative estimate of drug-likeness (QED) is 0.592. The minimum Gasteiger partial charge on any atom is -0.493 e. The van der Waals surface area contributed by atoms with E-state index in [9.17, 15) is 9.59 Å². The van der Waals surface area contributed by atoms with Gasteiger partial charge >= 0.3 is 0 Å². The Morgan fingerprint density at radius 3 is 2.52 bits per heavy atom. The van der Waals surface area contributed by atoms with Gasteiger partial charge in [-0.2, -0.15) is 0 Å². The number of benzene rings is 2. The zero-order valence-electron chi connectivity index (χ0n) is 17.2. The first-order valence-electron chi connectivity index (χ1n) is 10.3. The van der Waals surface area contributed by atoms with E-state index in [0.717, 1.165) is 18.4 Å². The van der Waals surface area contributed by atoms with Crippen LogP contribution in [0.1, 0.15) is 42.0 Å². The summed E-state index contributed by atoms with van der Waals surface area (Å²) in [6, 6.07) is 9.89. The lowest BCUT2D eigenvalue weighted by atomic mass is 10.1. The van der Waals surface area contributed by atoms with Crippen LogP contribution >= 0.6 is 23.2 Å². The van der Waals surface area contributed by atoms with E-state index in [1.807, 2.05) is 30.3 Å². The average molecular weight is 463 g/mol. The second-order valence-corrected chi connectivity index (χ2v) is 8.52. The summed E-state index contributed by atoms with van der Waals surface area (Å²) in [5.74, 6) is 0.913. The zero-order chi connectivity index (χ0) is 22.0. The molecule has 2 aromatic carbocycles. The number of carbonyl (C=O) groups excluding carboxylic acids is 2. The standard InChI is InChI=1S/C23H24Cl2N2O4/c1-30-21-10-14(2-5-20(21)31-9-8-27-22(28)6-7-23(27)29)13-26-19-4-3-15-11-17(24)18(25)12-16(15)19/h2,5,10-12,19,26H,3-4,6-9,13H2,1H3/t19-/m0/s1.